The lowest BCUT2D eigenvalue weighted by atomic mass is 10.2. The monoisotopic (exact) mass is 270 g/mol. The van der Waals surface area contributed by atoms with E-state index in [0.717, 1.165) is 0 Å². The van der Waals surface area contributed by atoms with Crippen molar-refractivity contribution in [3.05, 3.63) is 40.9 Å². The summed E-state index contributed by atoms with van der Waals surface area (Å²) in [5.74, 6) is 0. The molecule has 0 amide bonds. The molecule has 0 saturated heterocycles. The van der Waals surface area contributed by atoms with Gasteiger partial charge in [-0.2, -0.15) is 5.26 Å². The summed E-state index contributed by atoms with van der Waals surface area (Å²) < 4.78 is 26.2. The third-order valence-corrected chi connectivity index (χ3v) is 3.59. The topological polar surface area (TPSA) is 70.0 Å². The molecule has 0 aliphatic rings. The van der Waals surface area contributed by atoms with Crippen molar-refractivity contribution in [1.29, 1.82) is 5.26 Å². The van der Waals surface area contributed by atoms with Crippen molar-refractivity contribution < 1.29 is 8.42 Å². The van der Waals surface area contributed by atoms with Gasteiger partial charge in [-0.3, -0.25) is 0 Å². The van der Waals surface area contributed by atoms with Crippen LogP contribution in [-0.4, -0.2) is 15.0 Å². The summed E-state index contributed by atoms with van der Waals surface area (Å²) >= 11 is 5.72. The van der Waals surface area contributed by atoms with Crippen LogP contribution in [0.1, 0.15) is 12.5 Å². The van der Waals surface area contributed by atoms with E-state index in [1.807, 2.05) is 6.07 Å². The summed E-state index contributed by atoms with van der Waals surface area (Å²) in [5, 5.41) is 9.11. The quantitative estimate of drug-likeness (QED) is 0.852. The molecule has 1 aromatic carbocycles. The molecule has 4 nitrogen and oxygen atoms in total. The molecule has 17 heavy (non-hydrogen) atoms. The zero-order valence-corrected chi connectivity index (χ0v) is 10.8. The van der Waals surface area contributed by atoms with Crippen LogP contribution in [0.4, 0.5) is 0 Å². The van der Waals surface area contributed by atoms with E-state index in [1.54, 1.807) is 6.92 Å². The zero-order valence-electron chi connectivity index (χ0n) is 9.20. The summed E-state index contributed by atoms with van der Waals surface area (Å²) in [6.07, 6.45) is 0. The molecular formula is C11H11ClN2O2S. The molecule has 0 aliphatic heterocycles. The van der Waals surface area contributed by atoms with Crippen molar-refractivity contribution in [2.75, 3.05) is 6.54 Å². The van der Waals surface area contributed by atoms with Crippen LogP contribution in [0.25, 0.3) is 0 Å². The first-order valence-corrected chi connectivity index (χ1v) is 6.56. The van der Waals surface area contributed by atoms with Crippen molar-refractivity contribution in [2.45, 2.75) is 11.8 Å². The van der Waals surface area contributed by atoms with E-state index in [9.17, 15) is 8.42 Å². The Morgan fingerprint density at radius 2 is 2.24 bits per heavy atom. The smallest absolute Gasteiger partial charge is 0.207 e. The van der Waals surface area contributed by atoms with Crippen LogP contribution in [0.15, 0.2) is 35.2 Å². The van der Waals surface area contributed by atoms with Gasteiger partial charge in [-0.25, -0.2) is 13.1 Å². The van der Waals surface area contributed by atoms with Crippen LogP contribution >= 0.6 is 11.6 Å². The summed E-state index contributed by atoms with van der Waals surface area (Å²) in [6.45, 7) is 5.42. The average Bonchev–Trinajstić information content (AvgIpc) is 2.26. The van der Waals surface area contributed by atoms with Crippen LogP contribution in [-0.2, 0) is 10.0 Å². The highest BCUT2D eigenvalue weighted by Crippen LogP contribution is 2.20. The fraction of sp³-hybridized carbons (Fsp3) is 0.182. The van der Waals surface area contributed by atoms with Gasteiger partial charge in [0.1, 0.15) is 11.0 Å². The molecule has 6 heteroatoms. The maximum absolute atomic E-state index is 11.9. The first-order chi connectivity index (χ1) is 7.86. The molecule has 0 aromatic heterocycles. The molecule has 0 radical (unpaired) electrons. The maximum atomic E-state index is 11.9. The summed E-state index contributed by atoms with van der Waals surface area (Å²) in [5.41, 5.74) is 0.734. The van der Waals surface area contributed by atoms with E-state index in [0.29, 0.717) is 5.57 Å². The third kappa shape index (κ3) is 3.56. The van der Waals surface area contributed by atoms with Crippen molar-refractivity contribution in [3.8, 4) is 6.07 Å². The number of nitriles is 1. The molecule has 1 aromatic rings. The van der Waals surface area contributed by atoms with Gasteiger partial charge in [0.2, 0.25) is 10.0 Å². The fourth-order valence-electron chi connectivity index (χ4n) is 1.11. The van der Waals surface area contributed by atoms with Crippen molar-refractivity contribution >= 4 is 21.6 Å². The van der Waals surface area contributed by atoms with Crippen molar-refractivity contribution in [3.63, 3.8) is 0 Å². The molecule has 0 atom stereocenters. The van der Waals surface area contributed by atoms with Gasteiger partial charge in [0.05, 0.1) is 5.56 Å². The highest BCUT2D eigenvalue weighted by molar-refractivity contribution is 7.89. The summed E-state index contributed by atoms with van der Waals surface area (Å²) in [4.78, 5) is -0.117. The Hall–Kier alpha value is -1.35. The Kier molecular flexibility index (Phi) is 4.29. The first-order valence-electron chi connectivity index (χ1n) is 4.70. The van der Waals surface area contributed by atoms with Gasteiger partial charge in [0, 0.05) is 11.6 Å². The Morgan fingerprint density at radius 1 is 1.59 bits per heavy atom. The lowest BCUT2D eigenvalue weighted by molar-refractivity contribution is 0.584. The molecule has 1 rings (SSSR count). The predicted molar refractivity (Wildman–Crippen MR) is 66.2 cm³/mol. The molecule has 0 spiro atoms. The fourth-order valence-corrected chi connectivity index (χ4v) is 2.62. The number of sulfonamides is 1. The second-order valence-electron chi connectivity index (χ2n) is 3.53. The van der Waals surface area contributed by atoms with Crippen molar-refractivity contribution in [1.82, 2.24) is 4.72 Å². The van der Waals surface area contributed by atoms with Gasteiger partial charge >= 0.3 is 0 Å². The number of hydrogen-bond acceptors (Lipinski definition) is 3. The number of nitrogens with zero attached hydrogens (tertiary/aromatic N) is 1. The second-order valence-corrected chi connectivity index (χ2v) is 5.71. The van der Waals surface area contributed by atoms with Crippen LogP contribution in [0.2, 0.25) is 5.02 Å². The van der Waals surface area contributed by atoms with E-state index >= 15 is 0 Å². The molecule has 0 aliphatic carbocycles. The predicted octanol–water partition coefficient (Wildman–Crippen LogP) is 2.07. The normalized spacial score (nSPS) is 10.9. The van der Waals surface area contributed by atoms with Crippen LogP contribution in [0, 0.1) is 11.3 Å². The Bertz CT molecular complexity index is 588. The number of nitrogens with one attached hydrogen (secondary N) is 1. The SMILES string of the molecule is C=C(C)CNS(=O)(=O)c1cc(Cl)ccc1C#N. The van der Waals surface area contributed by atoms with Gasteiger partial charge in [-0.05, 0) is 25.1 Å². The maximum Gasteiger partial charge on any atom is 0.242 e. The molecule has 0 heterocycles. The minimum absolute atomic E-state index is 0.0589. The highest BCUT2D eigenvalue weighted by atomic mass is 35.5. The summed E-state index contributed by atoms with van der Waals surface area (Å²) in [6, 6.07) is 5.91. The standard InChI is InChI=1S/C11H11ClN2O2S/c1-8(2)7-14-17(15,16)11-5-10(12)4-3-9(11)6-13/h3-5,14H,1,7H2,2H3. The third-order valence-electron chi connectivity index (χ3n) is 1.92. The molecule has 0 saturated carbocycles. The van der Waals surface area contributed by atoms with E-state index in [-0.39, 0.29) is 22.0 Å². The number of hydrogen-bond donors (Lipinski definition) is 1. The lowest BCUT2D eigenvalue weighted by Gasteiger charge is -2.08. The second kappa shape index (κ2) is 5.32. The Balaban J connectivity index is 3.19. The van der Waals surface area contributed by atoms with E-state index in [2.05, 4.69) is 11.3 Å². The number of benzene rings is 1. The molecule has 1 N–H and O–H groups in total. The molecule has 90 valence electrons. The van der Waals surface area contributed by atoms with Crippen molar-refractivity contribution in [2.24, 2.45) is 0 Å². The first kappa shape index (κ1) is 13.7. The minimum atomic E-state index is -3.74. The molecule has 0 bridgehead atoms. The van der Waals surface area contributed by atoms with Crippen LogP contribution in [0.5, 0.6) is 0 Å². The molecule has 0 fully saturated rings. The van der Waals surface area contributed by atoms with Gasteiger partial charge in [0.15, 0.2) is 0 Å². The number of rotatable bonds is 4. The average molecular weight is 271 g/mol. The van der Waals surface area contributed by atoms with Gasteiger partial charge in [0.25, 0.3) is 0 Å². The van der Waals surface area contributed by atoms with E-state index in [4.69, 9.17) is 16.9 Å². The van der Waals surface area contributed by atoms with E-state index < -0.39 is 10.0 Å². The van der Waals surface area contributed by atoms with Gasteiger partial charge < -0.3 is 0 Å². The van der Waals surface area contributed by atoms with Crippen LogP contribution in [0.3, 0.4) is 0 Å². The molecule has 0 unspecified atom stereocenters. The lowest BCUT2D eigenvalue weighted by Crippen LogP contribution is -2.26. The minimum Gasteiger partial charge on any atom is -0.207 e. The Morgan fingerprint density at radius 3 is 2.76 bits per heavy atom. The van der Waals surface area contributed by atoms with E-state index in [1.165, 1.54) is 18.2 Å². The Labute approximate surface area is 106 Å². The highest BCUT2D eigenvalue weighted by Gasteiger charge is 2.18. The van der Waals surface area contributed by atoms with Gasteiger partial charge in [-0.15, -0.1) is 0 Å². The largest absolute Gasteiger partial charge is 0.242 e. The van der Waals surface area contributed by atoms with Gasteiger partial charge in [-0.1, -0.05) is 23.8 Å². The molecular weight excluding hydrogens is 260 g/mol. The zero-order chi connectivity index (χ0) is 13.1. The number of halogens is 1. The van der Waals surface area contributed by atoms with Crippen LogP contribution < -0.4 is 4.72 Å². The summed E-state index contributed by atoms with van der Waals surface area (Å²) in [7, 11) is -3.74.